The lowest BCUT2D eigenvalue weighted by Crippen LogP contribution is -2.33. The predicted molar refractivity (Wildman–Crippen MR) is 105 cm³/mol. The lowest BCUT2D eigenvalue weighted by Gasteiger charge is -2.21. The number of nitrogens with one attached hydrogen (secondary N) is 1. The second-order valence-electron chi connectivity index (χ2n) is 8.62. The van der Waals surface area contributed by atoms with Crippen LogP contribution in [0.25, 0.3) is 10.9 Å². The summed E-state index contributed by atoms with van der Waals surface area (Å²) in [5.41, 5.74) is 0.0776. The van der Waals surface area contributed by atoms with Crippen LogP contribution >= 0.6 is 0 Å². The standard InChI is InChI=1S/C22H19F4N3O2/c1-11-8-28(2)20(31)17-14(7-27-18(11)17)19(30)29-9-13-6-21(13,10-29)12-3-4-15(16(23)5-12)22(24,25)26/h3-5,7-8,13,27H,6,9-10H2,1-2H3. The fourth-order valence-electron chi connectivity index (χ4n) is 5.02. The first-order valence-corrected chi connectivity index (χ1v) is 9.87. The summed E-state index contributed by atoms with van der Waals surface area (Å²) in [5.74, 6) is -1.55. The molecular weight excluding hydrogens is 414 g/mol. The Morgan fingerprint density at radius 1 is 1.29 bits per heavy atom. The molecule has 1 N–H and O–H groups in total. The first kappa shape index (κ1) is 19.8. The lowest BCUT2D eigenvalue weighted by atomic mass is 9.93. The van der Waals surface area contributed by atoms with Gasteiger partial charge in [-0.1, -0.05) is 6.07 Å². The number of benzene rings is 1. The van der Waals surface area contributed by atoms with Crippen LogP contribution in [0.1, 0.15) is 33.5 Å². The molecule has 2 atom stereocenters. The normalized spacial score (nSPS) is 22.8. The topological polar surface area (TPSA) is 58.1 Å². The molecule has 5 nitrogen and oxygen atoms in total. The van der Waals surface area contributed by atoms with Crippen LogP contribution in [-0.4, -0.2) is 33.4 Å². The maximum Gasteiger partial charge on any atom is 0.419 e. The van der Waals surface area contributed by atoms with Crippen molar-refractivity contribution >= 4 is 16.8 Å². The Hall–Kier alpha value is -3.10. The van der Waals surface area contributed by atoms with Crippen LogP contribution in [0, 0.1) is 18.7 Å². The molecule has 1 aliphatic carbocycles. The molecule has 0 bridgehead atoms. The van der Waals surface area contributed by atoms with Gasteiger partial charge in [0.1, 0.15) is 5.82 Å². The van der Waals surface area contributed by atoms with E-state index in [2.05, 4.69) is 4.98 Å². The molecule has 2 unspecified atom stereocenters. The van der Waals surface area contributed by atoms with Gasteiger partial charge >= 0.3 is 6.18 Å². The summed E-state index contributed by atoms with van der Waals surface area (Å²) in [7, 11) is 1.62. The number of carbonyl (C=O) groups excluding carboxylic acids is 1. The Labute approximate surface area is 174 Å². The van der Waals surface area contributed by atoms with Gasteiger partial charge in [-0.3, -0.25) is 9.59 Å². The van der Waals surface area contributed by atoms with Crippen molar-refractivity contribution in [3.05, 3.63) is 69.0 Å². The zero-order valence-electron chi connectivity index (χ0n) is 16.8. The molecule has 1 amide bonds. The van der Waals surface area contributed by atoms with Crippen LogP contribution in [0.3, 0.4) is 0 Å². The van der Waals surface area contributed by atoms with E-state index in [1.54, 1.807) is 18.1 Å². The monoisotopic (exact) mass is 433 g/mol. The van der Waals surface area contributed by atoms with Crippen molar-refractivity contribution < 1.29 is 22.4 Å². The van der Waals surface area contributed by atoms with E-state index in [1.807, 2.05) is 6.92 Å². The molecule has 0 radical (unpaired) electrons. The Morgan fingerprint density at radius 3 is 2.71 bits per heavy atom. The van der Waals surface area contributed by atoms with Crippen LogP contribution in [0.15, 0.2) is 35.4 Å². The van der Waals surface area contributed by atoms with E-state index in [1.165, 1.54) is 16.8 Å². The van der Waals surface area contributed by atoms with Crippen molar-refractivity contribution in [2.24, 2.45) is 13.0 Å². The summed E-state index contributed by atoms with van der Waals surface area (Å²) in [6, 6.07) is 3.03. The number of aryl methyl sites for hydroxylation is 2. The number of hydrogen-bond acceptors (Lipinski definition) is 2. The Kier molecular flexibility index (Phi) is 3.98. The highest BCUT2D eigenvalue weighted by Gasteiger charge is 2.62. The molecule has 0 spiro atoms. The van der Waals surface area contributed by atoms with Crippen LogP contribution in [0.5, 0.6) is 0 Å². The van der Waals surface area contributed by atoms with Crippen molar-refractivity contribution in [3.63, 3.8) is 0 Å². The van der Waals surface area contributed by atoms with Gasteiger partial charge in [0.25, 0.3) is 11.5 Å². The molecule has 2 aromatic heterocycles. The van der Waals surface area contributed by atoms with Gasteiger partial charge in [-0.2, -0.15) is 13.2 Å². The maximum absolute atomic E-state index is 14.1. The summed E-state index contributed by atoms with van der Waals surface area (Å²) in [6.45, 7) is 2.53. The Bertz CT molecular complexity index is 1310. The van der Waals surface area contributed by atoms with E-state index in [-0.39, 0.29) is 29.5 Å². The average Bonchev–Trinajstić information content (AvgIpc) is 3.06. The number of nitrogens with zero attached hydrogens (tertiary/aromatic N) is 2. The van der Waals surface area contributed by atoms with Gasteiger partial charge < -0.3 is 14.5 Å². The third kappa shape index (κ3) is 2.82. The molecule has 2 aliphatic rings. The summed E-state index contributed by atoms with van der Waals surface area (Å²) < 4.78 is 54.2. The predicted octanol–water partition coefficient (Wildman–Crippen LogP) is 3.75. The maximum atomic E-state index is 14.1. The van der Waals surface area contributed by atoms with Crippen molar-refractivity contribution in [3.8, 4) is 0 Å². The third-order valence-corrected chi connectivity index (χ3v) is 6.71. The number of fused-ring (bicyclic) bond motifs is 2. The highest BCUT2D eigenvalue weighted by molar-refractivity contribution is 6.07. The second-order valence-corrected chi connectivity index (χ2v) is 8.62. The zero-order chi connectivity index (χ0) is 22.3. The van der Waals surface area contributed by atoms with Crippen molar-refractivity contribution in [2.45, 2.75) is 24.9 Å². The average molecular weight is 433 g/mol. The second kappa shape index (κ2) is 6.21. The molecule has 162 valence electrons. The molecule has 2 fully saturated rings. The summed E-state index contributed by atoms with van der Waals surface area (Å²) in [4.78, 5) is 30.5. The highest BCUT2D eigenvalue weighted by Crippen LogP contribution is 2.59. The summed E-state index contributed by atoms with van der Waals surface area (Å²) >= 11 is 0. The SMILES string of the molecule is Cc1cn(C)c(=O)c2c(C(=O)N3CC4CC4(c4ccc(C(F)(F)F)c(F)c4)C3)c[nH]c12. The summed E-state index contributed by atoms with van der Waals surface area (Å²) in [6.07, 6.45) is -0.846. The van der Waals surface area contributed by atoms with Crippen LogP contribution in [0.4, 0.5) is 17.6 Å². The fraction of sp³-hybridized carbons (Fsp3) is 0.364. The first-order chi connectivity index (χ1) is 14.5. The number of halogens is 4. The van der Waals surface area contributed by atoms with E-state index in [9.17, 15) is 27.2 Å². The Morgan fingerprint density at radius 2 is 2.03 bits per heavy atom. The van der Waals surface area contributed by atoms with Gasteiger partial charge in [-0.15, -0.1) is 0 Å². The van der Waals surface area contributed by atoms with Gasteiger partial charge in [0.15, 0.2) is 0 Å². The molecule has 3 aromatic rings. The first-order valence-electron chi connectivity index (χ1n) is 9.87. The molecular formula is C22H19F4N3O2. The van der Waals surface area contributed by atoms with E-state index in [0.29, 0.717) is 29.4 Å². The number of hydrogen-bond donors (Lipinski definition) is 1. The van der Waals surface area contributed by atoms with E-state index in [0.717, 1.165) is 17.7 Å². The molecule has 31 heavy (non-hydrogen) atoms. The molecule has 1 aromatic carbocycles. The largest absolute Gasteiger partial charge is 0.419 e. The number of amides is 1. The molecule has 1 saturated heterocycles. The van der Waals surface area contributed by atoms with Gasteiger partial charge in [-0.25, -0.2) is 4.39 Å². The van der Waals surface area contributed by atoms with Crippen LogP contribution < -0.4 is 5.56 Å². The van der Waals surface area contributed by atoms with Gasteiger partial charge in [0.2, 0.25) is 0 Å². The zero-order valence-corrected chi connectivity index (χ0v) is 16.8. The lowest BCUT2D eigenvalue weighted by molar-refractivity contribution is -0.140. The van der Waals surface area contributed by atoms with Crippen molar-refractivity contribution in [1.29, 1.82) is 0 Å². The van der Waals surface area contributed by atoms with Gasteiger partial charge in [-0.05, 0) is 42.5 Å². The van der Waals surface area contributed by atoms with Crippen molar-refractivity contribution in [2.75, 3.05) is 13.1 Å². The molecule has 9 heteroatoms. The van der Waals surface area contributed by atoms with E-state index < -0.39 is 23.0 Å². The third-order valence-electron chi connectivity index (χ3n) is 6.71. The van der Waals surface area contributed by atoms with Crippen LogP contribution in [0.2, 0.25) is 0 Å². The van der Waals surface area contributed by atoms with Gasteiger partial charge in [0, 0.05) is 37.9 Å². The fourth-order valence-corrected chi connectivity index (χ4v) is 5.02. The number of pyridine rings is 1. The minimum Gasteiger partial charge on any atom is -0.360 e. The van der Waals surface area contributed by atoms with Gasteiger partial charge in [0.05, 0.1) is 22.0 Å². The number of carbonyl (C=O) groups is 1. The minimum atomic E-state index is -4.75. The quantitative estimate of drug-likeness (QED) is 0.626. The molecule has 1 aliphatic heterocycles. The highest BCUT2D eigenvalue weighted by atomic mass is 19.4. The van der Waals surface area contributed by atoms with Crippen molar-refractivity contribution in [1.82, 2.24) is 14.5 Å². The number of H-pyrrole nitrogens is 1. The number of likely N-dealkylation sites (tertiary alicyclic amines) is 1. The number of rotatable bonds is 2. The number of alkyl halides is 3. The van der Waals surface area contributed by atoms with E-state index >= 15 is 0 Å². The smallest absolute Gasteiger partial charge is 0.360 e. The number of aromatic nitrogens is 2. The summed E-state index contributed by atoms with van der Waals surface area (Å²) in [5, 5.41) is 0.322. The van der Waals surface area contributed by atoms with Crippen LogP contribution in [-0.2, 0) is 18.6 Å². The Balaban J connectivity index is 1.46. The molecule has 1 saturated carbocycles. The number of piperidine rings is 1. The molecule has 3 heterocycles. The van der Waals surface area contributed by atoms with E-state index in [4.69, 9.17) is 0 Å². The minimum absolute atomic E-state index is 0.0577. The molecule has 5 rings (SSSR count). The number of aromatic amines is 1.